The van der Waals surface area contributed by atoms with Crippen molar-refractivity contribution in [1.29, 1.82) is 0 Å². The van der Waals surface area contributed by atoms with Gasteiger partial charge in [0.25, 0.3) is 0 Å². The Labute approximate surface area is 91.0 Å². The first-order valence-corrected chi connectivity index (χ1v) is 6.13. The molecule has 0 aromatic carbocycles. The first kappa shape index (κ1) is 10.4. The van der Waals surface area contributed by atoms with Gasteiger partial charge in [-0.3, -0.25) is 0 Å². The van der Waals surface area contributed by atoms with Gasteiger partial charge in [-0.2, -0.15) is 0 Å². The second-order valence-corrected chi connectivity index (χ2v) is 5.05. The Kier molecular flexibility index (Phi) is 4.50. The minimum absolute atomic E-state index is 0.841. The van der Waals surface area contributed by atoms with Gasteiger partial charge in [0, 0.05) is 0 Å². The molecule has 0 saturated carbocycles. The Morgan fingerprint density at radius 3 is 2.67 bits per heavy atom. The van der Waals surface area contributed by atoms with E-state index in [-0.39, 0.29) is 0 Å². The van der Waals surface area contributed by atoms with Gasteiger partial charge in [-0.15, -0.1) is 0 Å². The van der Waals surface area contributed by atoms with Crippen LogP contribution < -0.4 is 0 Å². The molecule has 1 heteroatoms. The van der Waals surface area contributed by atoms with Crippen LogP contribution in [0.2, 0.25) is 0 Å². The van der Waals surface area contributed by atoms with Gasteiger partial charge in [0.1, 0.15) is 0 Å². The van der Waals surface area contributed by atoms with Crippen molar-refractivity contribution in [3.8, 4) is 0 Å². The summed E-state index contributed by atoms with van der Waals surface area (Å²) in [6.45, 7) is 4.58. The van der Waals surface area contributed by atoms with Gasteiger partial charge in [-0.1, -0.05) is 0 Å². The molecule has 0 spiro atoms. The molecule has 0 bridgehead atoms. The molecular formula is C11H17Zr. The van der Waals surface area contributed by atoms with Gasteiger partial charge in [0.2, 0.25) is 0 Å². The SMILES string of the molecule is CCCC(CC)C1=CC[C]([Zr])=C1. The van der Waals surface area contributed by atoms with Crippen LogP contribution in [0.15, 0.2) is 21.0 Å². The van der Waals surface area contributed by atoms with Crippen LogP contribution in [0.1, 0.15) is 39.5 Å². The third-order valence-electron chi connectivity index (χ3n) is 2.50. The second-order valence-electron chi connectivity index (χ2n) is 3.47. The fraction of sp³-hybridized carbons (Fsp3) is 0.636. The first-order valence-electron chi connectivity index (χ1n) is 4.90. The predicted octanol–water partition coefficient (Wildman–Crippen LogP) is 3.57. The Hall–Kier alpha value is 0.363. The van der Waals surface area contributed by atoms with Gasteiger partial charge in [0.05, 0.1) is 0 Å². The van der Waals surface area contributed by atoms with Crippen molar-refractivity contribution >= 4 is 0 Å². The molecule has 65 valence electrons. The van der Waals surface area contributed by atoms with Crippen molar-refractivity contribution < 1.29 is 24.7 Å². The summed E-state index contributed by atoms with van der Waals surface area (Å²) in [4.78, 5) is 0. The Balaban J connectivity index is 2.55. The van der Waals surface area contributed by atoms with Crippen molar-refractivity contribution in [2.75, 3.05) is 0 Å². The number of allylic oxidation sites excluding steroid dienone is 4. The molecule has 1 rings (SSSR count). The molecule has 0 nitrogen and oxygen atoms in total. The van der Waals surface area contributed by atoms with Gasteiger partial charge in [0.15, 0.2) is 0 Å². The van der Waals surface area contributed by atoms with E-state index in [0.29, 0.717) is 0 Å². The number of rotatable bonds is 4. The normalized spacial score (nSPS) is 18.8. The van der Waals surface area contributed by atoms with Crippen LogP contribution in [-0.2, 0) is 24.7 Å². The molecule has 0 fully saturated rings. The molecule has 0 aromatic rings. The van der Waals surface area contributed by atoms with E-state index in [4.69, 9.17) is 0 Å². The van der Waals surface area contributed by atoms with Crippen LogP contribution in [0.3, 0.4) is 0 Å². The molecule has 1 aliphatic rings. The Morgan fingerprint density at radius 1 is 1.50 bits per heavy atom. The summed E-state index contributed by atoms with van der Waals surface area (Å²) >= 11 is 1.59. The van der Waals surface area contributed by atoms with E-state index in [9.17, 15) is 0 Å². The van der Waals surface area contributed by atoms with E-state index in [2.05, 4.69) is 26.0 Å². The number of hydrogen-bond acceptors (Lipinski definition) is 0. The van der Waals surface area contributed by atoms with Crippen LogP contribution in [-0.4, -0.2) is 0 Å². The van der Waals surface area contributed by atoms with Gasteiger partial charge >= 0.3 is 91.2 Å². The van der Waals surface area contributed by atoms with E-state index < -0.39 is 0 Å². The molecule has 0 amide bonds. The molecule has 12 heavy (non-hydrogen) atoms. The molecular weight excluding hydrogens is 223 g/mol. The quantitative estimate of drug-likeness (QED) is 0.705. The average Bonchev–Trinajstić information content (AvgIpc) is 2.47. The summed E-state index contributed by atoms with van der Waals surface area (Å²) in [6.07, 6.45) is 10.1. The molecule has 0 N–H and O–H groups in total. The summed E-state index contributed by atoms with van der Waals surface area (Å²) in [5.74, 6) is 0.841. The third kappa shape index (κ3) is 2.69. The van der Waals surface area contributed by atoms with E-state index in [1.807, 2.05) is 0 Å². The summed E-state index contributed by atoms with van der Waals surface area (Å²) in [7, 11) is 0. The van der Waals surface area contributed by atoms with Crippen LogP contribution >= 0.6 is 0 Å². The van der Waals surface area contributed by atoms with Gasteiger partial charge in [-0.25, -0.2) is 0 Å². The van der Waals surface area contributed by atoms with E-state index >= 15 is 0 Å². The molecule has 0 saturated heterocycles. The van der Waals surface area contributed by atoms with E-state index in [1.165, 1.54) is 25.7 Å². The third-order valence-corrected chi connectivity index (χ3v) is 3.36. The molecule has 1 atom stereocenters. The van der Waals surface area contributed by atoms with Gasteiger partial charge < -0.3 is 0 Å². The monoisotopic (exact) mass is 239 g/mol. The zero-order valence-corrected chi connectivity index (χ0v) is 10.5. The molecule has 0 aromatic heterocycles. The zero-order chi connectivity index (χ0) is 8.97. The number of hydrogen-bond donors (Lipinski definition) is 0. The minimum atomic E-state index is 0.841. The Morgan fingerprint density at radius 2 is 2.25 bits per heavy atom. The zero-order valence-electron chi connectivity index (χ0n) is 8.06. The molecule has 1 aliphatic carbocycles. The van der Waals surface area contributed by atoms with Crippen molar-refractivity contribution in [3.05, 3.63) is 21.0 Å². The van der Waals surface area contributed by atoms with E-state index in [0.717, 1.165) is 5.92 Å². The van der Waals surface area contributed by atoms with E-state index in [1.54, 1.807) is 33.6 Å². The summed E-state index contributed by atoms with van der Waals surface area (Å²) < 4.78 is 1.62. The van der Waals surface area contributed by atoms with Crippen molar-refractivity contribution in [1.82, 2.24) is 0 Å². The molecule has 0 heterocycles. The summed E-state index contributed by atoms with van der Waals surface area (Å²) in [5.41, 5.74) is 1.62. The van der Waals surface area contributed by atoms with Crippen LogP contribution in [0.4, 0.5) is 0 Å². The first-order chi connectivity index (χ1) is 5.77. The molecule has 1 unspecified atom stereocenters. The van der Waals surface area contributed by atoms with Crippen molar-refractivity contribution in [2.45, 2.75) is 39.5 Å². The Bertz CT molecular complexity index is 201. The van der Waals surface area contributed by atoms with Crippen molar-refractivity contribution in [3.63, 3.8) is 0 Å². The standard InChI is InChI=1S/C11H17.Zr/c1-3-7-10(4-2)11-8-5-6-9-11;/h8-10H,3-5,7H2,1-2H3;. The van der Waals surface area contributed by atoms with Gasteiger partial charge in [-0.05, 0) is 0 Å². The average molecular weight is 240 g/mol. The van der Waals surface area contributed by atoms with Crippen LogP contribution in [0.5, 0.6) is 0 Å². The van der Waals surface area contributed by atoms with Crippen LogP contribution in [0, 0.1) is 5.92 Å². The fourth-order valence-electron chi connectivity index (χ4n) is 1.79. The summed E-state index contributed by atoms with van der Waals surface area (Å²) in [5, 5.41) is 0. The molecule has 0 aliphatic heterocycles. The molecule has 0 radical (unpaired) electrons. The maximum atomic E-state index is 2.42. The fourth-order valence-corrected chi connectivity index (χ4v) is 2.45. The maximum absolute atomic E-state index is 2.42. The van der Waals surface area contributed by atoms with Crippen molar-refractivity contribution in [2.24, 2.45) is 5.92 Å². The predicted molar refractivity (Wildman–Crippen MR) is 49.5 cm³/mol. The topological polar surface area (TPSA) is 0 Å². The second kappa shape index (κ2) is 5.17. The van der Waals surface area contributed by atoms with Crippen LogP contribution in [0.25, 0.3) is 0 Å². The summed E-state index contributed by atoms with van der Waals surface area (Å²) in [6, 6.07) is 0.